The molecule has 12 aromatic rings. The molecule has 0 N–H and O–H groups in total. The first-order chi connectivity index (χ1) is 37.8. The van der Waals surface area contributed by atoms with Crippen molar-refractivity contribution in [2.45, 2.75) is 111 Å². The monoisotopic (exact) mass is 1040 g/mol. The van der Waals surface area contributed by atoms with Crippen molar-refractivity contribution in [3.8, 4) is 22.3 Å². The van der Waals surface area contributed by atoms with Crippen LogP contribution in [0.15, 0.2) is 180 Å². The van der Waals surface area contributed by atoms with Gasteiger partial charge in [0.25, 0.3) is 0 Å². The lowest BCUT2D eigenvalue weighted by Crippen LogP contribution is -2.56. The smallest absolute Gasteiger partial charge is 0.336 e. The van der Waals surface area contributed by atoms with Crippen molar-refractivity contribution in [2.75, 3.05) is 9.80 Å². The molecule has 0 unspecified atom stereocenters. The van der Waals surface area contributed by atoms with Crippen molar-refractivity contribution in [1.29, 1.82) is 0 Å². The molecule has 0 saturated carbocycles. The number of aromatic nitrogens is 1. The Bertz CT molecular complexity index is 4460. The number of rotatable bonds is 5. The summed E-state index contributed by atoms with van der Waals surface area (Å²) in [5, 5.41) is 6.06. The fraction of sp³-hybridized carbons (Fsp3) is 0.233. The van der Waals surface area contributed by atoms with E-state index >= 15 is 0 Å². The van der Waals surface area contributed by atoms with E-state index < -0.39 is 0 Å². The van der Waals surface area contributed by atoms with Gasteiger partial charge < -0.3 is 18.7 Å². The maximum absolute atomic E-state index is 7.36. The fourth-order valence-electron chi connectivity index (χ4n) is 14.0. The minimum absolute atomic E-state index is 0.0105. The van der Waals surface area contributed by atoms with Gasteiger partial charge in [-0.1, -0.05) is 178 Å². The molecule has 0 atom stereocenters. The van der Waals surface area contributed by atoms with E-state index in [9.17, 15) is 0 Å². The number of anilines is 6. The summed E-state index contributed by atoms with van der Waals surface area (Å²) in [6.07, 6.45) is 2.31. The molecule has 388 valence electrons. The van der Waals surface area contributed by atoms with Crippen LogP contribution in [0.3, 0.4) is 0 Å². The molecular formula is C73H66BN3OS. The molecule has 3 aromatic heterocycles. The standard InChI is InChI=1S/C73H66BN3OS/c1-43-37-57-58(73(10,11)36-35-72(57,8)9)42-61(43)76-60-34-25-45(44-19-13-12-14-20-44)38-59(60)74-65-53(41-55-51-21-16-18-24-63(51)79-68(55)67(65)76)54-39-50(40-56-64-52-22-15-17-23-62(52)78-69(64)77(74)66(54)56)75(48-30-26-46(27-31-48)70(2,3)4)49-32-28-47(29-33-49)71(5,6)7/h12-34,37-42H,35-36H2,1-11H3. The molecule has 2 aliphatic heterocycles. The van der Waals surface area contributed by atoms with Gasteiger partial charge in [-0.25, -0.2) is 0 Å². The van der Waals surface area contributed by atoms with Gasteiger partial charge in [0.05, 0.1) is 15.8 Å². The zero-order valence-corrected chi connectivity index (χ0v) is 48.2. The van der Waals surface area contributed by atoms with E-state index in [1.54, 1.807) is 0 Å². The van der Waals surface area contributed by atoms with Crippen molar-refractivity contribution >= 4 is 116 Å². The Morgan fingerprint density at radius 2 is 1.16 bits per heavy atom. The summed E-state index contributed by atoms with van der Waals surface area (Å²) in [6, 6.07) is 67.3. The molecule has 4 nitrogen and oxygen atoms in total. The first kappa shape index (κ1) is 48.3. The van der Waals surface area contributed by atoms with Gasteiger partial charge in [0, 0.05) is 65.8 Å². The van der Waals surface area contributed by atoms with Crippen LogP contribution in [0.1, 0.15) is 110 Å². The first-order valence-corrected chi connectivity index (χ1v) is 29.3. The Morgan fingerprint density at radius 1 is 0.544 bits per heavy atom. The van der Waals surface area contributed by atoms with Crippen LogP contribution in [0, 0.1) is 6.92 Å². The van der Waals surface area contributed by atoms with Gasteiger partial charge in [-0.3, -0.25) is 0 Å². The van der Waals surface area contributed by atoms with E-state index in [1.165, 1.54) is 116 Å². The summed E-state index contributed by atoms with van der Waals surface area (Å²) in [5.74, 6) is 0. The van der Waals surface area contributed by atoms with E-state index in [0.717, 1.165) is 45.6 Å². The maximum Gasteiger partial charge on any atom is 0.336 e. The van der Waals surface area contributed by atoms with Crippen LogP contribution in [-0.2, 0) is 21.7 Å². The van der Waals surface area contributed by atoms with Crippen LogP contribution in [-0.4, -0.2) is 11.3 Å². The van der Waals surface area contributed by atoms with Crippen LogP contribution in [0.2, 0.25) is 0 Å². The Balaban J connectivity index is 1.11. The predicted molar refractivity (Wildman–Crippen MR) is 340 cm³/mol. The quantitative estimate of drug-likeness (QED) is 0.161. The van der Waals surface area contributed by atoms with Crippen LogP contribution in [0.25, 0.3) is 75.4 Å². The third-order valence-electron chi connectivity index (χ3n) is 18.5. The van der Waals surface area contributed by atoms with Crippen molar-refractivity contribution in [3.63, 3.8) is 0 Å². The van der Waals surface area contributed by atoms with Gasteiger partial charge in [-0.05, 0) is 164 Å². The third kappa shape index (κ3) is 7.12. The van der Waals surface area contributed by atoms with E-state index in [4.69, 9.17) is 4.42 Å². The zero-order valence-electron chi connectivity index (χ0n) is 47.4. The topological polar surface area (TPSA) is 24.6 Å². The van der Waals surface area contributed by atoms with Crippen LogP contribution >= 0.6 is 11.3 Å². The number of hydrogen-bond acceptors (Lipinski definition) is 4. The molecule has 0 amide bonds. The van der Waals surface area contributed by atoms with Gasteiger partial charge in [0.2, 0.25) is 0 Å². The molecule has 1 aliphatic carbocycles. The first-order valence-electron chi connectivity index (χ1n) is 28.5. The van der Waals surface area contributed by atoms with Crippen molar-refractivity contribution in [2.24, 2.45) is 0 Å². The Labute approximate surface area is 469 Å². The minimum Gasteiger partial charge on any atom is -0.441 e. The molecule has 0 spiro atoms. The number of para-hydroxylation sites is 1. The van der Waals surface area contributed by atoms with Gasteiger partial charge in [-0.2, -0.15) is 0 Å². The van der Waals surface area contributed by atoms with Crippen LogP contribution < -0.4 is 20.7 Å². The van der Waals surface area contributed by atoms with Crippen molar-refractivity contribution in [1.82, 2.24) is 4.48 Å². The molecule has 9 aromatic carbocycles. The van der Waals surface area contributed by atoms with E-state index in [1.807, 2.05) is 11.3 Å². The summed E-state index contributed by atoms with van der Waals surface area (Å²) < 4.78 is 12.6. The Hall–Kier alpha value is -7.80. The lowest BCUT2D eigenvalue weighted by Gasteiger charge is -2.44. The van der Waals surface area contributed by atoms with Gasteiger partial charge in [0.15, 0.2) is 5.71 Å². The second-order valence-electron chi connectivity index (χ2n) is 26.5. The molecule has 15 rings (SSSR count). The van der Waals surface area contributed by atoms with Crippen LogP contribution in [0.4, 0.5) is 34.1 Å². The molecule has 6 heteroatoms. The maximum atomic E-state index is 7.36. The van der Waals surface area contributed by atoms with E-state index in [2.05, 4.69) is 266 Å². The van der Waals surface area contributed by atoms with Gasteiger partial charge >= 0.3 is 6.85 Å². The van der Waals surface area contributed by atoms with E-state index in [-0.39, 0.29) is 28.5 Å². The molecule has 79 heavy (non-hydrogen) atoms. The SMILES string of the molecule is Cc1cc2c(cc1N1c3ccc(-c4ccccc4)cc3B3c4c(cc5c(sc6ccccc65)c41)-c1cc(N(c4ccc(C(C)(C)C)cc4)c4ccc(C(C)(C)C)cc4)cc4c5c6ccccc6oc5n3c14)C(C)(C)CCC2(C)C. The average Bonchev–Trinajstić information content (AvgIpc) is 3.42. The predicted octanol–water partition coefficient (Wildman–Crippen LogP) is 19.7. The molecule has 5 heterocycles. The fourth-order valence-corrected chi connectivity index (χ4v) is 15.2. The number of benzene rings is 9. The highest BCUT2D eigenvalue weighted by molar-refractivity contribution is 7.26. The molecule has 0 bridgehead atoms. The second kappa shape index (κ2) is 16.6. The molecule has 0 fully saturated rings. The summed E-state index contributed by atoms with van der Waals surface area (Å²) in [6.45, 7) is 25.8. The molecule has 3 aliphatic rings. The molecule has 0 radical (unpaired) electrons. The Kier molecular flexibility index (Phi) is 10.2. The highest BCUT2D eigenvalue weighted by Crippen LogP contribution is 2.56. The second-order valence-corrected chi connectivity index (χ2v) is 27.5. The summed E-state index contributed by atoms with van der Waals surface area (Å²) >= 11 is 1.94. The van der Waals surface area contributed by atoms with Gasteiger partial charge in [0.1, 0.15) is 5.58 Å². The largest absolute Gasteiger partial charge is 0.441 e. The molecule has 0 saturated heterocycles. The Morgan fingerprint density at radius 3 is 1.84 bits per heavy atom. The van der Waals surface area contributed by atoms with E-state index in [0.29, 0.717) is 0 Å². The number of aryl methyl sites for hydroxylation is 1. The number of nitrogens with zero attached hydrogens (tertiary/aromatic N) is 3. The normalized spacial score (nSPS) is 15.3. The molecular weight excluding hydrogens is 978 g/mol. The number of furan rings is 1. The lowest BCUT2D eigenvalue weighted by molar-refractivity contribution is 0.332. The minimum atomic E-state index is -0.215. The number of thiophene rings is 1. The lowest BCUT2D eigenvalue weighted by atomic mass is 9.45. The number of hydrogen-bond donors (Lipinski definition) is 0. The average molecular weight is 1040 g/mol. The summed E-state index contributed by atoms with van der Waals surface area (Å²) in [5.41, 5.74) is 24.5. The summed E-state index contributed by atoms with van der Waals surface area (Å²) in [4.78, 5) is 5.19. The van der Waals surface area contributed by atoms with Crippen molar-refractivity contribution in [3.05, 3.63) is 204 Å². The van der Waals surface area contributed by atoms with Crippen LogP contribution in [0.5, 0.6) is 0 Å². The highest BCUT2D eigenvalue weighted by atomic mass is 32.1. The van der Waals surface area contributed by atoms with Gasteiger partial charge in [-0.15, -0.1) is 11.3 Å². The number of fused-ring (bicyclic) bond motifs is 14. The summed E-state index contributed by atoms with van der Waals surface area (Å²) in [7, 11) is 0. The highest BCUT2D eigenvalue weighted by Gasteiger charge is 2.47. The van der Waals surface area contributed by atoms with Crippen molar-refractivity contribution < 1.29 is 4.42 Å². The zero-order chi connectivity index (χ0) is 54.2. The third-order valence-corrected chi connectivity index (χ3v) is 19.6.